The minimum absolute atomic E-state index is 0.0323. The van der Waals surface area contributed by atoms with Crippen LogP contribution in [0.25, 0.3) is 23.2 Å². The SMILES string of the molecule is C=N/C=C\c1nc(-c2cnc(N3CCNC(=O)C3)nc2)n(-c2ccc(Cl)cc2)c1C. The van der Waals surface area contributed by atoms with Gasteiger partial charge in [0.15, 0.2) is 0 Å². The van der Waals surface area contributed by atoms with Gasteiger partial charge >= 0.3 is 0 Å². The molecule has 9 heteroatoms. The standard InChI is InChI=1S/C21H20ClN7O/c1-14-18(7-8-23-2)27-20(29(14)17-5-3-16(22)4-6-17)15-11-25-21(26-12-15)28-10-9-24-19(30)13-28/h3-8,11-12H,2,9-10,13H2,1H3,(H,24,30)/b8-7-. The molecule has 30 heavy (non-hydrogen) atoms. The van der Waals surface area contributed by atoms with Crippen molar-refractivity contribution in [1.82, 2.24) is 24.8 Å². The zero-order chi connectivity index (χ0) is 21.1. The van der Waals surface area contributed by atoms with Crippen molar-refractivity contribution >= 4 is 36.2 Å². The summed E-state index contributed by atoms with van der Waals surface area (Å²) in [5.74, 6) is 1.18. The summed E-state index contributed by atoms with van der Waals surface area (Å²) in [5.41, 5.74) is 3.37. The van der Waals surface area contributed by atoms with Gasteiger partial charge in [-0.15, -0.1) is 0 Å². The number of nitrogens with zero attached hydrogens (tertiary/aromatic N) is 6. The smallest absolute Gasteiger partial charge is 0.239 e. The van der Waals surface area contributed by atoms with Crippen LogP contribution in [0.1, 0.15) is 11.4 Å². The van der Waals surface area contributed by atoms with Gasteiger partial charge in [0, 0.05) is 48.1 Å². The van der Waals surface area contributed by atoms with Gasteiger partial charge in [-0.2, -0.15) is 0 Å². The number of aliphatic imine (C=N–C) groups is 1. The van der Waals surface area contributed by atoms with E-state index >= 15 is 0 Å². The molecule has 1 N–H and O–H groups in total. The highest BCUT2D eigenvalue weighted by Gasteiger charge is 2.20. The summed E-state index contributed by atoms with van der Waals surface area (Å²) < 4.78 is 2.02. The van der Waals surface area contributed by atoms with Gasteiger partial charge in [-0.05, 0) is 44.0 Å². The predicted octanol–water partition coefficient (Wildman–Crippen LogP) is 2.90. The lowest BCUT2D eigenvalue weighted by molar-refractivity contribution is -0.120. The number of piperazine rings is 1. The molecule has 1 amide bonds. The zero-order valence-electron chi connectivity index (χ0n) is 16.4. The van der Waals surface area contributed by atoms with Gasteiger partial charge < -0.3 is 10.2 Å². The van der Waals surface area contributed by atoms with Crippen molar-refractivity contribution in [2.75, 3.05) is 24.5 Å². The molecule has 1 aromatic carbocycles. The quantitative estimate of drug-likeness (QED) is 0.640. The lowest BCUT2D eigenvalue weighted by Gasteiger charge is -2.26. The molecule has 0 bridgehead atoms. The van der Waals surface area contributed by atoms with E-state index in [9.17, 15) is 4.79 Å². The van der Waals surface area contributed by atoms with Crippen molar-refractivity contribution in [3.05, 3.63) is 59.3 Å². The lowest BCUT2D eigenvalue weighted by atomic mass is 10.2. The molecule has 1 fully saturated rings. The van der Waals surface area contributed by atoms with Crippen LogP contribution >= 0.6 is 11.6 Å². The number of hydrogen-bond acceptors (Lipinski definition) is 6. The number of benzene rings is 1. The van der Waals surface area contributed by atoms with E-state index in [4.69, 9.17) is 16.6 Å². The third-order valence-corrected chi connectivity index (χ3v) is 5.04. The number of nitrogens with one attached hydrogen (secondary N) is 1. The third-order valence-electron chi connectivity index (χ3n) is 4.78. The molecule has 0 atom stereocenters. The number of aromatic nitrogens is 4. The summed E-state index contributed by atoms with van der Waals surface area (Å²) in [4.78, 5) is 31.0. The first-order chi connectivity index (χ1) is 14.6. The molecule has 1 aliphatic rings. The van der Waals surface area contributed by atoms with Crippen LogP contribution in [0.3, 0.4) is 0 Å². The van der Waals surface area contributed by atoms with Gasteiger partial charge in [-0.1, -0.05) is 11.6 Å². The molecule has 0 spiro atoms. The molecule has 3 aromatic rings. The van der Waals surface area contributed by atoms with Gasteiger partial charge in [-0.25, -0.2) is 15.0 Å². The molecule has 4 rings (SSSR count). The van der Waals surface area contributed by atoms with Crippen molar-refractivity contribution in [1.29, 1.82) is 0 Å². The second-order valence-electron chi connectivity index (χ2n) is 6.76. The Labute approximate surface area is 179 Å². The Morgan fingerprint density at radius 2 is 1.97 bits per heavy atom. The van der Waals surface area contributed by atoms with Crippen LogP contribution in [0.4, 0.5) is 5.95 Å². The fourth-order valence-electron chi connectivity index (χ4n) is 3.31. The average molecular weight is 422 g/mol. The van der Waals surface area contributed by atoms with Crippen molar-refractivity contribution < 1.29 is 4.79 Å². The largest absolute Gasteiger partial charge is 0.353 e. The Hall–Kier alpha value is -3.52. The van der Waals surface area contributed by atoms with Gasteiger partial charge in [0.05, 0.1) is 17.8 Å². The van der Waals surface area contributed by atoms with Crippen LogP contribution in [-0.2, 0) is 4.79 Å². The van der Waals surface area contributed by atoms with Crippen molar-refractivity contribution in [3.8, 4) is 17.1 Å². The number of anilines is 1. The molecule has 1 saturated heterocycles. The molecule has 0 radical (unpaired) electrons. The molecule has 0 saturated carbocycles. The summed E-state index contributed by atoms with van der Waals surface area (Å²) in [6, 6.07) is 7.53. The minimum Gasteiger partial charge on any atom is -0.353 e. The maximum atomic E-state index is 11.6. The van der Waals surface area contributed by atoms with Gasteiger partial charge in [-0.3, -0.25) is 14.4 Å². The molecule has 1 aliphatic heterocycles. The monoisotopic (exact) mass is 421 g/mol. The second-order valence-corrected chi connectivity index (χ2v) is 7.20. The number of halogens is 1. The molecule has 152 valence electrons. The Balaban J connectivity index is 1.75. The number of carbonyl (C=O) groups excluding carboxylic acids is 1. The second kappa shape index (κ2) is 8.46. The van der Waals surface area contributed by atoms with E-state index in [0.29, 0.717) is 29.9 Å². The minimum atomic E-state index is -0.0323. The molecule has 2 aromatic heterocycles. The topological polar surface area (TPSA) is 88.3 Å². The van der Waals surface area contributed by atoms with Crippen LogP contribution in [-0.4, -0.2) is 51.8 Å². The van der Waals surface area contributed by atoms with Crippen LogP contribution < -0.4 is 10.2 Å². The van der Waals surface area contributed by atoms with Gasteiger partial charge in [0.2, 0.25) is 11.9 Å². The van der Waals surface area contributed by atoms with E-state index in [2.05, 4.69) is 27.0 Å². The number of imidazole rings is 1. The highest BCUT2D eigenvalue weighted by atomic mass is 35.5. The lowest BCUT2D eigenvalue weighted by Crippen LogP contribution is -2.48. The van der Waals surface area contributed by atoms with Crippen LogP contribution in [0, 0.1) is 6.92 Å². The number of rotatable bonds is 5. The molecule has 3 heterocycles. The molecular formula is C21H20ClN7O. The maximum absolute atomic E-state index is 11.6. The van der Waals surface area contributed by atoms with E-state index < -0.39 is 0 Å². The van der Waals surface area contributed by atoms with Crippen molar-refractivity contribution in [3.63, 3.8) is 0 Å². The van der Waals surface area contributed by atoms with E-state index in [1.807, 2.05) is 40.7 Å². The zero-order valence-corrected chi connectivity index (χ0v) is 17.2. The first kappa shape index (κ1) is 19.8. The van der Waals surface area contributed by atoms with Crippen LogP contribution in [0.5, 0.6) is 0 Å². The van der Waals surface area contributed by atoms with E-state index in [1.165, 1.54) is 0 Å². The van der Waals surface area contributed by atoms with E-state index in [0.717, 1.165) is 22.6 Å². The van der Waals surface area contributed by atoms with E-state index in [-0.39, 0.29) is 12.5 Å². The van der Waals surface area contributed by atoms with E-state index in [1.54, 1.807) is 24.7 Å². The van der Waals surface area contributed by atoms with Crippen LogP contribution in [0.2, 0.25) is 5.02 Å². The summed E-state index contributed by atoms with van der Waals surface area (Å²) in [6.45, 7) is 6.97. The van der Waals surface area contributed by atoms with Crippen molar-refractivity contribution in [2.45, 2.75) is 6.92 Å². The fourth-order valence-corrected chi connectivity index (χ4v) is 3.43. The highest BCUT2D eigenvalue weighted by Crippen LogP contribution is 2.27. The summed E-state index contributed by atoms with van der Waals surface area (Å²) in [7, 11) is 0. The summed E-state index contributed by atoms with van der Waals surface area (Å²) in [6.07, 6.45) is 6.86. The van der Waals surface area contributed by atoms with Gasteiger partial charge in [0.25, 0.3) is 0 Å². The van der Waals surface area contributed by atoms with Crippen LogP contribution in [0.15, 0.2) is 47.9 Å². The predicted molar refractivity (Wildman–Crippen MR) is 118 cm³/mol. The first-order valence-electron chi connectivity index (χ1n) is 9.38. The number of hydrogen-bond donors (Lipinski definition) is 1. The third kappa shape index (κ3) is 3.95. The highest BCUT2D eigenvalue weighted by molar-refractivity contribution is 6.30. The Bertz CT molecular complexity index is 1100. The average Bonchev–Trinajstić information content (AvgIpc) is 3.09. The van der Waals surface area contributed by atoms with Crippen molar-refractivity contribution in [2.24, 2.45) is 4.99 Å². The Morgan fingerprint density at radius 3 is 2.63 bits per heavy atom. The number of amides is 1. The molecule has 0 unspecified atom stereocenters. The fraction of sp³-hybridized carbons (Fsp3) is 0.190. The van der Waals surface area contributed by atoms with Gasteiger partial charge in [0.1, 0.15) is 5.82 Å². The maximum Gasteiger partial charge on any atom is 0.239 e. The Morgan fingerprint density at radius 1 is 1.23 bits per heavy atom. The first-order valence-corrected chi connectivity index (χ1v) is 9.76. The summed E-state index contributed by atoms with van der Waals surface area (Å²) in [5, 5.41) is 3.46. The number of carbonyl (C=O) groups is 1. The Kier molecular flexibility index (Phi) is 5.58. The molecule has 0 aliphatic carbocycles. The molecular weight excluding hydrogens is 402 g/mol. The molecule has 8 nitrogen and oxygen atoms in total. The summed E-state index contributed by atoms with van der Waals surface area (Å²) >= 11 is 6.06. The normalized spacial score (nSPS) is 14.2.